The molecular weight excluding hydrogens is 392 g/mol. The van der Waals surface area contributed by atoms with E-state index < -0.39 is 15.6 Å². The van der Waals surface area contributed by atoms with Crippen LogP contribution in [0.1, 0.15) is 17.5 Å². The van der Waals surface area contributed by atoms with Gasteiger partial charge in [0.25, 0.3) is 0 Å². The molecule has 2 aliphatic rings. The molecule has 0 saturated carbocycles. The van der Waals surface area contributed by atoms with E-state index in [1.807, 2.05) is 55.5 Å². The Labute approximate surface area is 178 Å². The maximum absolute atomic E-state index is 13.8. The number of rotatable bonds is 4. The largest absolute Gasteiger partial charge is 0.369 e. The third kappa shape index (κ3) is 2.96. The van der Waals surface area contributed by atoms with Crippen molar-refractivity contribution < 1.29 is 8.42 Å². The maximum Gasteiger partial charge on any atom is 0.243 e. The summed E-state index contributed by atoms with van der Waals surface area (Å²) in [6, 6.07) is 27.7. The van der Waals surface area contributed by atoms with Gasteiger partial charge in [0, 0.05) is 31.2 Å². The fourth-order valence-electron chi connectivity index (χ4n) is 5.19. The SMILES string of the molecule is Cc1ccc(S(=O)(=O)N2CCC3CN(c4ccccc4)CC32c2ccccc2)cc1. The van der Waals surface area contributed by atoms with Crippen LogP contribution in [0.25, 0.3) is 0 Å². The molecule has 2 fully saturated rings. The number of anilines is 1. The van der Waals surface area contributed by atoms with Crippen LogP contribution in [0.5, 0.6) is 0 Å². The van der Waals surface area contributed by atoms with Crippen molar-refractivity contribution in [3.8, 4) is 0 Å². The molecule has 5 heteroatoms. The Balaban J connectivity index is 1.62. The van der Waals surface area contributed by atoms with Gasteiger partial charge in [-0.25, -0.2) is 8.42 Å². The smallest absolute Gasteiger partial charge is 0.243 e. The molecule has 154 valence electrons. The van der Waals surface area contributed by atoms with Crippen molar-refractivity contribution in [1.29, 1.82) is 0 Å². The highest BCUT2D eigenvalue weighted by molar-refractivity contribution is 7.89. The van der Waals surface area contributed by atoms with Gasteiger partial charge in [-0.15, -0.1) is 0 Å². The lowest BCUT2D eigenvalue weighted by molar-refractivity contribution is 0.234. The minimum absolute atomic E-state index is 0.250. The van der Waals surface area contributed by atoms with E-state index in [2.05, 4.69) is 29.2 Å². The van der Waals surface area contributed by atoms with E-state index in [0.29, 0.717) is 18.0 Å². The molecule has 0 spiro atoms. The lowest BCUT2D eigenvalue weighted by Crippen LogP contribution is -2.49. The highest BCUT2D eigenvalue weighted by Gasteiger charge is 2.59. The second-order valence-corrected chi connectivity index (χ2v) is 10.2. The lowest BCUT2D eigenvalue weighted by Gasteiger charge is -2.38. The first kappa shape index (κ1) is 19.3. The summed E-state index contributed by atoms with van der Waals surface area (Å²) in [5.41, 5.74) is 2.74. The van der Waals surface area contributed by atoms with Gasteiger partial charge >= 0.3 is 0 Å². The predicted octanol–water partition coefficient (Wildman–Crippen LogP) is 4.42. The van der Waals surface area contributed by atoms with Crippen molar-refractivity contribution in [1.82, 2.24) is 4.31 Å². The molecule has 5 rings (SSSR count). The number of para-hydroxylation sites is 1. The summed E-state index contributed by atoms with van der Waals surface area (Å²) in [5, 5.41) is 0. The molecule has 2 saturated heterocycles. The first-order valence-corrected chi connectivity index (χ1v) is 11.9. The van der Waals surface area contributed by atoms with Gasteiger partial charge in [-0.05, 0) is 43.2 Å². The normalized spacial score (nSPS) is 24.2. The first-order chi connectivity index (χ1) is 14.5. The third-order valence-electron chi connectivity index (χ3n) is 6.68. The van der Waals surface area contributed by atoms with Crippen LogP contribution in [0.4, 0.5) is 5.69 Å². The van der Waals surface area contributed by atoms with Gasteiger partial charge in [0.15, 0.2) is 0 Å². The van der Waals surface area contributed by atoms with Crippen LogP contribution in [0.3, 0.4) is 0 Å². The molecule has 3 aromatic rings. The summed E-state index contributed by atoms with van der Waals surface area (Å²) in [6.07, 6.45) is 0.864. The molecule has 2 heterocycles. The van der Waals surface area contributed by atoms with Crippen molar-refractivity contribution in [2.75, 3.05) is 24.5 Å². The summed E-state index contributed by atoms with van der Waals surface area (Å²) in [5.74, 6) is 0.250. The molecule has 0 bridgehead atoms. The molecule has 3 aromatic carbocycles. The van der Waals surface area contributed by atoms with Gasteiger partial charge in [-0.2, -0.15) is 4.31 Å². The minimum atomic E-state index is -3.62. The topological polar surface area (TPSA) is 40.6 Å². The maximum atomic E-state index is 13.8. The summed E-state index contributed by atoms with van der Waals surface area (Å²) in [7, 11) is -3.62. The molecule has 2 aliphatic heterocycles. The predicted molar refractivity (Wildman–Crippen MR) is 120 cm³/mol. The number of aryl methyl sites for hydroxylation is 1. The first-order valence-electron chi connectivity index (χ1n) is 10.5. The van der Waals surface area contributed by atoms with Crippen LogP contribution in [0, 0.1) is 12.8 Å². The van der Waals surface area contributed by atoms with Crippen LogP contribution in [0.15, 0.2) is 89.8 Å². The molecule has 0 amide bonds. The quantitative estimate of drug-likeness (QED) is 0.630. The van der Waals surface area contributed by atoms with Crippen molar-refractivity contribution >= 4 is 15.7 Å². The molecule has 30 heavy (non-hydrogen) atoms. The lowest BCUT2D eigenvalue weighted by atomic mass is 9.82. The van der Waals surface area contributed by atoms with E-state index in [4.69, 9.17) is 0 Å². The van der Waals surface area contributed by atoms with Crippen LogP contribution in [-0.4, -0.2) is 32.4 Å². The summed E-state index contributed by atoms with van der Waals surface area (Å²) >= 11 is 0. The molecular formula is C25H26N2O2S. The van der Waals surface area contributed by atoms with E-state index in [1.54, 1.807) is 16.4 Å². The van der Waals surface area contributed by atoms with Crippen LogP contribution < -0.4 is 4.90 Å². The zero-order valence-corrected chi connectivity index (χ0v) is 17.9. The summed E-state index contributed by atoms with van der Waals surface area (Å²) in [4.78, 5) is 2.72. The van der Waals surface area contributed by atoms with Gasteiger partial charge in [0.05, 0.1) is 10.4 Å². The zero-order valence-electron chi connectivity index (χ0n) is 17.1. The molecule has 0 aromatic heterocycles. The summed E-state index contributed by atoms with van der Waals surface area (Å²) in [6.45, 7) is 4.05. The van der Waals surface area contributed by atoms with Crippen LogP contribution in [-0.2, 0) is 15.6 Å². The number of benzene rings is 3. The monoisotopic (exact) mass is 418 g/mol. The van der Waals surface area contributed by atoms with Gasteiger partial charge < -0.3 is 4.90 Å². The Kier molecular flexibility index (Phi) is 4.68. The molecule has 2 atom stereocenters. The number of hydrogen-bond acceptors (Lipinski definition) is 3. The van der Waals surface area contributed by atoms with E-state index in [0.717, 1.165) is 29.8 Å². The molecule has 2 unspecified atom stereocenters. The Morgan fingerprint density at radius 3 is 2.17 bits per heavy atom. The molecule has 4 nitrogen and oxygen atoms in total. The number of hydrogen-bond donors (Lipinski definition) is 0. The van der Waals surface area contributed by atoms with Crippen molar-refractivity contribution in [3.63, 3.8) is 0 Å². The standard InChI is InChI=1S/C25H26N2O2S/c1-20-12-14-24(15-13-20)30(28,29)27-17-16-22-18-26(23-10-6-3-7-11-23)19-25(22,27)21-8-4-2-5-9-21/h2-15,22H,16-19H2,1H3. The minimum Gasteiger partial charge on any atom is -0.369 e. The summed E-state index contributed by atoms with van der Waals surface area (Å²) < 4.78 is 29.4. The number of sulfonamides is 1. The van der Waals surface area contributed by atoms with E-state index in [9.17, 15) is 8.42 Å². The van der Waals surface area contributed by atoms with Gasteiger partial charge in [-0.3, -0.25) is 0 Å². The van der Waals surface area contributed by atoms with Crippen LogP contribution in [0.2, 0.25) is 0 Å². The zero-order chi connectivity index (χ0) is 20.8. The van der Waals surface area contributed by atoms with Gasteiger partial charge in [0.2, 0.25) is 10.0 Å². The van der Waals surface area contributed by atoms with Crippen molar-refractivity contribution in [2.24, 2.45) is 5.92 Å². The fourth-order valence-corrected chi connectivity index (χ4v) is 7.01. The van der Waals surface area contributed by atoms with E-state index in [-0.39, 0.29) is 5.92 Å². The molecule has 0 N–H and O–H groups in total. The highest BCUT2D eigenvalue weighted by atomic mass is 32.2. The Bertz CT molecular complexity index is 1130. The molecule has 0 radical (unpaired) electrons. The van der Waals surface area contributed by atoms with E-state index >= 15 is 0 Å². The number of fused-ring (bicyclic) bond motifs is 1. The number of nitrogens with zero attached hydrogens (tertiary/aromatic N) is 2. The highest BCUT2D eigenvalue weighted by Crippen LogP contribution is 2.51. The van der Waals surface area contributed by atoms with Crippen molar-refractivity contribution in [2.45, 2.75) is 23.8 Å². The van der Waals surface area contributed by atoms with Gasteiger partial charge in [0.1, 0.15) is 0 Å². The van der Waals surface area contributed by atoms with Crippen LogP contribution >= 0.6 is 0 Å². The third-order valence-corrected chi connectivity index (χ3v) is 8.63. The fraction of sp³-hybridized carbons (Fsp3) is 0.280. The average Bonchev–Trinajstić information content (AvgIpc) is 3.32. The second kappa shape index (κ2) is 7.25. The second-order valence-electron chi connectivity index (χ2n) is 8.38. The Morgan fingerprint density at radius 2 is 1.50 bits per heavy atom. The Morgan fingerprint density at radius 1 is 0.867 bits per heavy atom. The molecule has 0 aliphatic carbocycles. The van der Waals surface area contributed by atoms with E-state index in [1.165, 1.54) is 0 Å². The van der Waals surface area contributed by atoms with Crippen molar-refractivity contribution in [3.05, 3.63) is 96.1 Å². The Hall–Kier alpha value is -2.63. The van der Waals surface area contributed by atoms with Gasteiger partial charge in [-0.1, -0.05) is 66.2 Å². The average molecular weight is 419 g/mol.